The number of hydrogen-bond acceptors (Lipinski definition) is 10. The highest BCUT2D eigenvalue weighted by atomic mass is 35.5. The highest BCUT2D eigenvalue weighted by Gasteiger charge is 2.52. The molecule has 5 rings (SSSR count). The van der Waals surface area contributed by atoms with E-state index in [9.17, 15) is 27.6 Å². The van der Waals surface area contributed by atoms with Gasteiger partial charge in [0.15, 0.2) is 5.70 Å². The van der Waals surface area contributed by atoms with E-state index in [2.05, 4.69) is 0 Å². The number of alkyl halides is 3. The molecular formula is C36H45ClF3N5O7. The van der Waals surface area contributed by atoms with Gasteiger partial charge in [-0.1, -0.05) is 24.4 Å². The quantitative estimate of drug-likeness (QED) is 0.178. The fourth-order valence-electron chi connectivity index (χ4n) is 7.56. The first-order chi connectivity index (χ1) is 24.6. The predicted octanol–water partition coefficient (Wildman–Crippen LogP) is 5.22. The Morgan fingerprint density at radius 3 is 2.44 bits per heavy atom. The summed E-state index contributed by atoms with van der Waals surface area (Å²) in [5, 5.41) is 0.731. The van der Waals surface area contributed by atoms with Crippen LogP contribution in [0.2, 0.25) is 5.02 Å². The van der Waals surface area contributed by atoms with Crippen molar-refractivity contribution in [1.82, 2.24) is 14.8 Å². The normalized spacial score (nSPS) is 22.4. The van der Waals surface area contributed by atoms with Crippen LogP contribution in [0, 0.1) is 11.3 Å². The van der Waals surface area contributed by atoms with Gasteiger partial charge in [0.2, 0.25) is 11.8 Å². The molecule has 2 aliphatic heterocycles. The Hall–Kier alpha value is -4.37. The van der Waals surface area contributed by atoms with Crippen molar-refractivity contribution in [3.8, 4) is 17.2 Å². The lowest BCUT2D eigenvalue weighted by atomic mass is 9.66. The molecule has 1 unspecified atom stereocenters. The van der Waals surface area contributed by atoms with Crippen molar-refractivity contribution in [3.63, 3.8) is 0 Å². The standard InChI is InChI=1S/C36H45ClF3N5O7/c1-35(34(48)52-19-21-10-11-22(49-3)18-28(21)50-4)15-6-5-8-24(35)33(47)45-17-14-23-25(37)12-13-27(30(23)32(45)44-16-7-9-29(44)46)51-20-26(41)31(43(2)42)36(38,39)40/h10-13,18,24,32H,5-9,14-17,19-20,41-42H2,1-4H3/b31-26-/t24-,32?,35-/m0/s1. The minimum Gasteiger partial charge on any atom is -0.497 e. The number of allylic oxidation sites excluding steroid dienone is 1. The molecule has 2 aromatic carbocycles. The number of carbonyl (C=O) groups is 3. The van der Waals surface area contributed by atoms with Crippen LogP contribution < -0.4 is 25.8 Å². The maximum Gasteiger partial charge on any atom is 0.434 e. The average Bonchev–Trinajstić information content (AvgIpc) is 3.53. The first-order valence-corrected chi connectivity index (χ1v) is 17.5. The number of carbonyl (C=O) groups excluding carboxylic acids is 3. The Morgan fingerprint density at radius 1 is 1.06 bits per heavy atom. The number of hydrogen-bond donors (Lipinski definition) is 2. The van der Waals surface area contributed by atoms with Crippen molar-refractivity contribution < 1.29 is 46.5 Å². The summed E-state index contributed by atoms with van der Waals surface area (Å²) in [6.07, 6.45) is -2.56. The number of nitrogens with zero attached hydrogens (tertiary/aromatic N) is 3. The number of halogens is 4. The van der Waals surface area contributed by atoms with Gasteiger partial charge in [-0.25, -0.2) is 5.84 Å². The lowest BCUT2D eigenvalue weighted by molar-refractivity contribution is -0.170. The summed E-state index contributed by atoms with van der Waals surface area (Å²) in [4.78, 5) is 45.3. The second-order valence-corrected chi connectivity index (χ2v) is 13.9. The molecule has 0 spiro atoms. The predicted molar refractivity (Wildman–Crippen MR) is 185 cm³/mol. The lowest BCUT2D eigenvalue weighted by Crippen LogP contribution is -2.54. The van der Waals surface area contributed by atoms with Crippen molar-refractivity contribution in [1.29, 1.82) is 0 Å². The highest BCUT2D eigenvalue weighted by molar-refractivity contribution is 6.31. The van der Waals surface area contributed by atoms with Gasteiger partial charge in [0.1, 0.15) is 36.6 Å². The minimum absolute atomic E-state index is 0.0860. The first-order valence-electron chi connectivity index (χ1n) is 17.1. The molecule has 0 radical (unpaired) electrons. The van der Waals surface area contributed by atoms with Crippen LogP contribution in [0.15, 0.2) is 41.7 Å². The SMILES string of the molecule is COc1ccc(COC(=O)[C@@]2(C)CCCC[C@H]2C(=O)N2CCc3c(Cl)ccc(OC/C(N)=C(/N(C)N)C(F)(F)F)c3C2N2CCCC2=O)c(OC)c1. The molecule has 3 atom stereocenters. The van der Waals surface area contributed by atoms with Gasteiger partial charge in [-0.2, -0.15) is 13.2 Å². The van der Waals surface area contributed by atoms with Gasteiger partial charge < -0.3 is 39.5 Å². The van der Waals surface area contributed by atoms with Crippen LogP contribution in [0.3, 0.4) is 0 Å². The topological polar surface area (TPSA) is 150 Å². The van der Waals surface area contributed by atoms with E-state index in [4.69, 9.17) is 42.1 Å². The van der Waals surface area contributed by atoms with Crippen LogP contribution >= 0.6 is 11.6 Å². The van der Waals surface area contributed by atoms with E-state index in [1.807, 2.05) is 0 Å². The summed E-state index contributed by atoms with van der Waals surface area (Å²) in [6, 6.07) is 8.21. The molecule has 16 heteroatoms. The third-order valence-corrected chi connectivity index (χ3v) is 10.6. The number of likely N-dealkylation sites (tertiary alicyclic amines) is 1. The van der Waals surface area contributed by atoms with Crippen molar-refractivity contribution >= 4 is 29.4 Å². The number of rotatable bonds is 11. The Morgan fingerprint density at radius 2 is 1.81 bits per heavy atom. The van der Waals surface area contributed by atoms with Crippen molar-refractivity contribution in [2.75, 3.05) is 41.0 Å². The third kappa shape index (κ3) is 7.70. The van der Waals surface area contributed by atoms with Crippen LogP contribution in [-0.4, -0.2) is 79.7 Å². The molecule has 1 saturated carbocycles. The van der Waals surface area contributed by atoms with Crippen LogP contribution in [0.1, 0.15) is 68.3 Å². The number of hydrazine groups is 1. The van der Waals surface area contributed by atoms with E-state index in [1.54, 1.807) is 41.0 Å². The zero-order chi connectivity index (χ0) is 38.0. The van der Waals surface area contributed by atoms with Gasteiger partial charge in [0.05, 0.1) is 31.2 Å². The van der Waals surface area contributed by atoms with E-state index >= 15 is 0 Å². The van der Waals surface area contributed by atoms with Crippen molar-refractivity contribution in [2.45, 2.75) is 70.8 Å². The lowest BCUT2D eigenvalue weighted by Gasteiger charge is -2.47. The summed E-state index contributed by atoms with van der Waals surface area (Å²) in [6.45, 7) is 1.46. The molecule has 2 fully saturated rings. The molecular weight excluding hydrogens is 707 g/mol. The Bertz CT molecular complexity index is 1720. The van der Waals surface area contributed by atoms with E-state index in [0.29, 0.717) is 76.9 Å². The monoisotopic (exact) mass is 751 g/mol. The maximum absolute atomic E-state index is 14.8. The Kier molecular flexibility index (Phi) is 11.7. The number of benzene rings is 2. The van der Waals surface area contributed by atoms with Crippen LogP contribution in [0.25, 0.3) is 0 Å². The molecule has 0 aromatic heterocycles. The minimum atomic E-state index is -4.85. The molecule has 12 nitrogen and oxygen atoms in total. The van der Waals surface area contributed by atoms with E-state index in [1.165, 1.54) is 20.3 Å². The molecule has 3 aliphatic rings. The molecule has 2 amide bonds. The molecule has 1 saturated heterocycles. The summed E-state index contributed by atoms with van der Waals surface area (Å²) >= 11 is 6.68. The zero-order valence-corrected chi connectivity index (χ0v) is 30.4. The number of methoxy groups -OCH3 is 2. The Labute approximate surface area is 305 Å². The molecule has 0 bridgehead atoms. The van der Waals surface area contributed by atoms with Crippen LogP contribution in [0.4, 0.5) is 13.2 Å². The zero-order valence-electron chi connectivity index (χ0n) is 29.7. The molecule has 4 N–H and O–H groups in total. The van der Waals surface area contributed by atoms with E-state index in [-0.39, 0.29) is 43.6 Å². The smallest absolute Gasteiger partial charge is 0.434 e. The number of nitrogens with two attached hydrogens (primary N) is 2. The van der Waals surface area contributed by atoms with E-state index < -0.39 is 47.6 Å². The third-order valence-electron chi connectivity index (χ3n) is 10.2. The maximum atomic E-state index is 14.8. The largest absolute Gasteiger partial charge is 0.497 e. The Balaban J connectivity index is 1.48. The molecule has 284 valence electrons. The molecule has 2 heterocycles. The van der Waals surface area contributed by atoms with Gasteiger partial charge in [-0.15, -0.1) is 0 Å². The van der Waals surface area contributed by atoms with Gasteiger partial charge in [0.25, 0.3) is 0 Å². The highest BCUT2D eigenvalue weighted by Crippen LogP contribution is 2.48. The second kappa shape index (κ2) is 15.7. The van der Waals surface area contributed by atoms with Crippen molar-refractivity contribution in [3.05, 3.63) is 63.4 Å². The number of fused-ring (bicyclic) bond motifs is 1. The number of amides is 2. The van der Waals surface area contributed by atoms with Gasteiger partial charge in [0, 0.05) is 48.8 Å². The first kappa shape index (κ1) is 38.9. The molecule has 52 heavy (non-hydrogen) atoms. The van der Waals surface area contributed by atoms with Crippen LogP contribution in [0.5, 0.6) is 17.2 Å². The fourth-order valence-corrected chi connectivity index (χ4v) is 7.82. The van der Waals surface area contributed by atoms with Gasteiger partial charge >= 0.3 is 12.1 Å². The summed E-state index contributed by atoms with van der Waals surface area (Å²) in [5.41, 5.74) is 4.34. The van der Waals surface area contributed by atoms with Gasteiger partial charge in [-0.05, 0) is 62.4 Å². The number of esters is 1. The van der Waals surface area contributed by atoms with Crippen molar-refractivity contribution in [2.24, 2.45) is 22.9 Å². The molecule has 2 aromatic rings. The summed E-state index contributed by atoms with van der Waals surface area (Å²) < 4.78 is 63.8. The summed E-state index contributed by atoms with van der Waals surface area (Å²) in [7, 11) is 4.05. The van der Waals surface area contributed by atoms with Gasteiger partial charge in [-0.3, -0.25) is 14.4 Å². The fraction of sp³-hybridized carbons (Fsp3) is 0.528. The average molecular weight is 752 g/mol. The molecule has 1 aliphatic carbocycles. The van der Waals surface area contributed by atoms with E-state index in [0.717, 1.165) is 7.05 Å². The second-order valence-electron chi connectivity index (χ2n) is 13.5. The number of ether oxygens (including phenoxy) is 4. The van der Waals surface area contributed by atoms with Crippen LogP contribution in [-0.2, 0) is 32.1 Å². The summed E-state index contributed by atoms with van der Waals surface area (Å²) in [5.74, 6) is 4.76.